The Labute approximate surface area is 188 Å². The molecule has 1 unspecified atom stereocenters. The summed E-state index contributed by atoms with van der Waals surface area (Å²) in [5.41, 5.74) is 2.38. The number of aryl methyl sites for hydroxylation is 1. The molecule has 1 heterocycles. The van der Waals surface area contributed by atoms with E-state index >= 15 is 0 Å². The summed E-state index contributed by atoms with van der Waals surface area (Å²) in [4.78, 5) is 42.6. The van der Waals surface area contributed by atoms with Crippen molar-refractivity contribution >= 4 is 35.0 Å². The van der Waals surface area contributed by atoms with Crippen molar-refractivity contribution in [2.24, 2.45) is 5.92 Å². The quantitative estimate of drug-likeness (QED) is 0.624. The van der Waals surface area contributed by atoms with Crippen LogP contribution in [0, 0.1) is 12.8 Å². The Hall–Kier alpha value is -2.66. The highest BCUT2D eigenvalue weighted by atomic mass is 35.5. The first-order chi connectivity index (χ1) is 15.0. The van der Waals surface area contributed by atoms with E-state index in [9.17, 15) is 14.4 Å². The first-order valence-corrected chi connectivity index (χ1v) is 11.3. The molecule has 31 heavy (non-hydrogen) atoms. The summed E-state index contributed by atoms with van der Waals surface area (Å²) < 4.78 is 0. The number of imide groups is 1. The number of rotatable bonds is 5. The SMILES string of the molecule is Cc1ccc(N2C(=O)CC(N(Cc3ccccc3Cl)C(=O)C3CCCCC3)C2=O)cc1. The summed E-state index contributed by atoms with van der Waals surface area (Å²) in [7, 11) is 0. The molecule has 0 N–H and O–H groups in total. The monoisotopic (exact) mass is 438 g/mol. The lowest BCUT2D eigenvalue weighted by Gasteiger charge is -2.33. The number of anilines is 1. The molecule has 1 saturated carbocycles. The molecule has 162 valence electrons. The number of hydrogen-bond donors (Lipinski definition) is 0. The second-order valence-electron chi connectivity index (χ2n) is 8.52. The van der Waals surface area contributed by atoms with Crippen molar-refractivity contribution in [3.05, 3.63) is 64.7 Å². The molecule has 1 saturated heterocycles. The van der Waals surface area contributed by atoms with E-state index < -0.39 is 6.04 Å². The number of carbonyl (C=O) groups excluding carboxylic acids is 3. The lowest BCUT2D eigenvalue weighted by molar-refractivity contribution is -0.143. The summed E-state index contributed by atoms with van der Waals surface area (Å²) in [5, 5.41) is 0.552. The van der Waals surface area contributed by atoms with Crippen LogP contribution in [0.1, 0.15) is 49.7 Å². The van der Waals surface area contributed by atoms with E-state index in [1.54, 1.807) is 23.1 Å². The second kappa shape index (κ2) is 9.23. The van der Waals surface area contributed by atoms with Crippen LogP contribution in [-0.2, 0) is 20.9 Å². The smallest absolute Gasteiger partial charge is 0.257 e. The minimum Gasteiger partial charge on any atom is -0.325 e. The Bertz CT molecular complexity index is 983. The van der Waals surface area contributed by atoms with Gasteiger partial charge in [-0.25, -0.2) is 4.90 Å². The number of carbonyl (C=O) groups is 3. The standard InChI is InChI=1S/C25H27ClN2O3/c1-17-11-13-20(14-12-17)28-23(29)15-22(25(28)31)27(16-19-9-5-6-10-21(19)26)24(30)18-7-3-2-4-8-18/h5-6,9-14,18,22H,2-4,7-8,15-16H2,1H3. The number of amides is 3. The highest BCUT2D eigenvalue weighted by molar-refractivity contribution is 6.31. The molecule has 5 nitrogen and oxygen atoms in total. The van der Waals surface area contributed by atoms with Gasteiger partial charge in [-0.15, -0.1) is 0 Å². The van der Waals surface area contributed by atoms with Crippen LogP contribution in [0.25, 0.3) is 0 Å². The summed E-state index contributed by atoms with van der Waals surface area (Å²) in [6.45, 7) is 2.18. The van der Waals surface area contributed by atoms with Gasteiger partial charge in [0.25, 0.3) is 5.91 Å². The first-order valence-electron chi connectivity index (χ1n) is 10.9. The molecule has 1 aliphatic carbocycles. The highest BCUT2D eigenvalue weighted by Gasteiger charge is 2.45. The van der Waals surface area contributed by atoms with E-state index in [1.165, 1.54) is 4.90 Å². The van der Waals surface area contributed by atoms with Crippen molar-refractivity contribution in [1.29, 1.82) is 0 Å². The van der Waals surface area contributed by atoms with Gasteiger partial charge in [0.05, 0.1) is 12.1 Å². The zero-order valence-corrected chi connectivity index (χ0v) is 18.5. The van der Waals surface area contributed by atoms with E-state index in [1.807, 2.05) is 37.3 Å². The van der Waals surface area contributed by atoms with Gasteiger partial charge in [0.2, 0.25) is 11.8 Å². The minimum absolute atomic E-state index is 0.00434. The summed E-state index contributed by atoms with van der Waals surface area (Å²) in [6, 6.07) is 13.8. The van der Waals surface area contributed by atoms with Crippen LogP contribution in [0.5, 0.6) is 0 Å². The fourth-order valence-electron chi connectivity index (χ4n) is 4.56. The zero-order chi connectivity index (χ0) is 22.0. The number of benzene rings is 2. The zero-order valence-electron chi connectivity index (χ0n) is 17.7. The third kappa shape index (κ3) is 4.52. The van der Waals surface area contributed by atoms with Crippen LogP contribution in [0.15, 0.2) is 48.5 Å². The van der Waals surface area contributed by atoms with E-state index in [-0.39, 0.29) is 36.6 Å². The van der Waals surface area contributed by atoms with Crippen LogP contribution >= 0.6 is 11.6 Å². The molecular weight excluding hydrogens is 412 g/mol. The average Bonchev–Trinajstić information content (AvgIpc) is 3.07. The van der Waals surface area contributed by atoms with Gasteiger partial charge in [-0.05, 0) is 43.5 Å². The molecule has 2 fully saturated rings. The third-order valence-corrected chi connectivity index (χ3v) is 6.70. The summed E-state index contributed by atoms with van der Waals surface area (Å²) in [5.74, 6) is -0.770. The van der Waals surface area contributed by atoms with Gasteiger partial charge >= 0.3 is 0 Å². The summed E-state index contributed by atoms with van der Waals surface area (Å²) in [6.07, 6.45) is 4.82. The number of hydrogen-bond acceptors (Lipinski definition) is 3. The lowest BCUT2D eigenvalue weighted by Crippen LogP contribution is -2.47. The lowest BCUT2D eigenvalue weighted by atomic mass is 9.87. The molecule has 0 bridgehead atoms. The van der Waals surface area contributed by atoms with E-state index in [2.05, 4.69) is 0 Å². The second-order valence-corrected chi connectivity index (χ2v) is 8.92. The van der Waals surface area contributed by atoms with Crippen molar-refractivity contribution in [3.8, 4) is 0 Å². The minimum atomic E-state index is -0.806. The average molecular weight is 439 g/mol. The molecule has 0 aromatic heterocycles. The third-order valence-electron chi connectivity index (χ3n) is 6.33. The molecule has 0 radical (unpaired) electrons. The van der Waals surface area contributed by atoms with Crippen LogP contribution in [0.2, 0.25) is 5.02 Å². The van der Waals surface area contributed by atoms with Crippen molar-refractivity contribution < 1.29 is 14.4 Å². The Balaban J connectivity index is 1.64. The van der Waals surface area contributed by atoms with Crippen LogP contribution in [0.3, 0.4) is 0 Å². The first kappa shape index (κ1) is 21.6. The predicted molar refractivity (Wildman–Crippen MR) is 121 cm³/mol. The maximum absolute atomic E-state index is 13.5. The van der Waals surface area contributed by atoms with Crippen molar-refractivity contribution in [2.75, 3.05) is 4.90 Å². The van der Waals surface area contributed by atoms with Crippen LogP contribution < -0.4 is 4.90 Å². The Morgan fingerprint density at radius 2 is 1.71 bits per heavy atom. The summed E-state index contributed by atoms with van der Waals surface area (Å²) >= 11 is 6.37. The number of halogens is 1. The van der Waals surface area contributed by atoms with Crippen molar-refractivity contribution in [2.45, 2.75) is 58.0 Å². The van der Waals surface area contributed by atoms with Gasteiger partial charge in [-0.1, -0.05) is 66.8 Å². The van der Waals surface area contributed by atoms with Crippen LogP contribution in [0.4, 0.5) is 5.69 Å². The Kier molecular flexibility index (Phi) is 6.42. The fraction of sp³-hybridized carbons (Fsp3) is 0.400. The molecule has 6 heteroatoms. The molecule has 0 spiro atoms. The largest absolute Gasteiger partial charge is 0.325 e. The van der Waals surface area contributed by atoms with Gasteiger partial charge in [-0.3, -0.25) is 14.4 Å². The molecule has 3 amide bonds. The molecule has 4 rings (SSSR count). The Morgan fingerprint density at radius 1 is 1.03 bits per heavy atom. The van der Waals surface area contributed by atoms with E-state index in [4.69, 9.17) is 11.6 Å². The van der Waals surface area contributed by atoms with Gasteiger partial charge in [-0.2, -0.15) is 0 Å². The molecule has 2 aromatic carbocycles. The predicted octanol–water partition coefficient (Wildman–Crippen LogP) is 4.89. The maximum Gasteiger partial charge on any atom is 0.257 e. The van der Waals surface area contributed by atoms with Crippen molar-refractivity contribution in [1.82, 2.24) is 4.90 Å². The molecule has 2 aromatic rings. The molecule has 1 aliphatic heterocycles. The van der Waals surface area contributed by atoms with Gasteiger partial charge in [0.15, 0.2) is 0 Å². The van der Waals surface area contributed by atoms with Crippen molar-refractivity contribution in [3.63, 3.8) is 0 Å². The molecule has 1 atom stereocenters. The normalized spacial score (nSPS) is 19.7. The maximum atomic E-state index is 13.5. The van der Waals surface area contributed by atoms with E-state index in [0.29, 0.717) is 10.7 Å². The highest BCUT2D eigenvalue weighted by Crippen LogP contribution is 2.32. The van der Waals surface area contributed by atoms with Crippen LogP contribution in [-0.4, -0.2) is 28.7 Å². The molecule has 2 aliphatic rings. The van der Waals surface area contributed by atoms with Gasteiger partial charge < -0.3 is 4.90 Å². The fourth-order valence-corrected chi connectivity index (χ4v) is 4.76. The topological polar surface area (TPSA) is 57.7 Å². The Morgan fingerprint density at radius 3 is 2.39 bits per heavy atom. The molecular formula is C25H27ClN2O3. The number of nitrogens with zero attached hydrogens (tertiary/aromatic N) is 2. The van der Waals surface area contributed by atoms with Gasteiger partial charge in [0.1, 0.15) is 6.04 Å². The van der Waals surface area contributed by atoms with E-state index in [0.717, 1.165) is 43.2 Å². The van der Waals surface area contributed by atoms with Gasteiger partial charge in [0, 0.05) is 17.5 Å².